The third kappa shape index (κ3) is 3.06. The van der Waals surface area contributed by atoms with Crippen LogP contribution in [0.25, 0.3) is 0 Å². The maximum atomic E-state index is 8.92. The molecule has 4 nitrogen and oxygen atoms in total. The fourth-order valence-electron chi connectivity index (χ4n) is 3.78. The summed E-state index contributed by atoms with van der Waals surface area (Å²) in [5.74, 6) is 0. The highest BCUT2D eigenvalue weighted by Crippen LogP contribution is 2.46. The summed E-state index contributed by atoms with van der Waals surface area (Å²) in [4.78, 5) is 11.6. The highest BCUT2D eigenvalue weighted by Gasteiger charge is 2.37. The van der Waals surface area contributed by atoms with E-state index < -0.39 is 0 Å². The number of thioether (sulfide) groups is 1. The largest absolute Gasteiger partial charge is 0.347 e. The van der Waals surface area contributed by atoms with E-state index in [1.807, 2.05) is 36.5 Å². The Hall–Kier alpha value is -3.10. The summed E-state index contributed by atoms with van der Waals surface area (Å²) in [5.41, 5.74) is 5.57. The van der Waals surface area contributed by atoms with Crippen LogP contribution in [0.5, 0.6) is 0 Å². The third-order valence-electron chi connectivity index (χ3n) is 5.17. The molecule has 5 heteroatoms. The Kier molecular flexibility index (Phi) is 4.66. The van der Waals surface area contributed by atoms with E-state index in [-0.39, 0.29) is 5.41 Å². The molecule has 0 unspecified atom stereocenters. The van der Waals surface area contributed by atoms with E-state index in [0.29, 0.717) is 5.17 Å². The topological polar surface area (TPSA) is 51.8 Å². The standard InChI is InChI=1S/C23H20N4S/c1-23(2)17-11-7-8-12-18(17)27(3)20(23)14-13-19-21(16-9-5-4-6-10-16)26-22(28-19)25-15-24/h4-14H,1-3H3/b19-13-,20-14+,25-22-. The maximum absolute atomic E-state index is 8.92. The number of amidine groups is 1. The van der Waals surface area contributed by atoms with Crippen LogP contribution in [-0.2, 0) is 5.41 Å². The van der Waals surface area contributed by atoms with Crippen LogP contribution in [0.1, 0.15) is 25.0 Å². The molecule has 0 bridgehead atoms. The second-order valence-electron chi connectivity index (χ2n) is 7.21. The van der Waals surface area contributed by atoms with E-state index in [4.69, 9.17) is 5.26 Å². The highest BCUT2D eigenvalue weighted by atomic mass is 32.2. The van der Waals surface area contributed by atoms with E-state index in [9.17, 15) is 0 Å². The van der Waals surface area contributed by atoms with Crippen molar-refractivity contribution in [3.05, 3.63) is 88.5 Å². The van der Waals surface area contributed by atoms with E-state index >= 15 is 0 Å². The van der Waals surface area contributed by atoms with Crippen LogP contribution in [0.3, 0.4) is 0 Å². The van der Waals surface area contributed by atoms with Crippen LogP contribution >= 0.6 is 11.8 Å². The number of aliphatic imine (C=N–C) groups is 2. The third-order valence-corrected chi connectivity index (χ3v) is 6.08. The lowest BCUT2D eigenvalue weighted by Crippen LogP contribution is -2.22. The molecule has 0 saturated heterocycles. The first-order chi connectivity index (χ1) is 13.5. The zero-order valence-corrected chi connectivity index (χ0v) is 16.9. The van der Waals surface area contributed by atoms with Crippen molar-refractivity contribution in [2.24, 2.45) is 9.98 Å². The highest BCUT2D eigenvalue weighted by molar-refractivity contribution is 8.18. The molecule has 2 heterocycles. The smallest absolute Gasteiger partial charge is 0.208 e. The maximum Gasteiger partial charge on any atom is 0.208 e. The number of para-hydroxylation sites is 1. The predicted octanol–water partition coefficient (Wildman–Crippen LogP) is 5.25. The zero-order valence-electron chi connectivity index (χ0n) is 16.0. The molecule has 0 aromatic heterocycles. The number of allylic oxidation sites excluding steroid dienone is 4. The lowest BCUT2D eigenvalue weighted by atomic mass is 9.84. The van der Waals surface area contributed by atoms with Crippen molar-refractivity contribution in [1.29, 1.82) is 5.26 Å². The van der Waals surface area contributed by atoms with Crippen molar-refractivity contribution in [2.75, 3.05) is 11.9 Å². The Morgan fingerprint density at radius 1 is 1.07 bits per heavy atom. The zero-order chi connectivity index (χ0) is 19.7. The first-order valence-corrected chi connectivity index (χ1v) is 9.89. The lowest BCUT2D eigenvalue weighted by Gasteiger charge is -2.23. The second kappa shape index (κ2) is 7.14. The molecule has 0 aliphatic carbocycles. The molecule has 0 N–H and O–H groups in total. The minimum Gasteiger partial charge on any atom is -0.347 e. The van der Waals surface area contributed by atoms with Crippen LogP contribution in [0.15, 0.2) is 87.3 Å². The van der Waals surface area contributed by atoms with Crippen molar-refractivity contribution in [3.8, 4) is 6.19 Å². The summed E-state index contributed by atoms with van der Waals surface area (Å²) in [6, 6.07) is 18.5. The molecule has 0 atom stereocenters. The van der Waals surface area contributed by atoms with Crippen molar-refractivity contribution < 1.29 is 0 Å². The van der Waals surface area contributed by atoms with Crippen molar-refractivity contribution >= 4 is 28.3 Å². The normalized spacial score (nSPS) is 21.9. The van der Waals surface area contributed by atoms with Gasteiger partial charge in [-0.15, -0.1) is 4.99 Å². The summed E-state index contributed by atoms with van der Waals surface area (Å²) >= 11 is 1.43. The van der Waals surface area contributed by atoms with Crippen LogP contribution in [0, 0.1) is 11.5 Å². The molecule has 138 valence electrons. The number of likely N-dealkylation sites (N-methyl/N-ethyl adjacent to an activating group) is 1. The van der Waals surface area contributed by atoms with Crippen molar-refractivity contribution in [2.45, 2.75) is 19.3 Å². The number of benzene rings is 2. The quantitative estimate of drug-likeness (QED) is 0.664. The average molecular weight is 385 g/mol. The Morgan fingerprint density at radius 3 is 2.50 bits per heavy atom. The molecule has 0 fully saturated rings. The van der Waals surface area contributed by atoms with Crippen LogP contribution in [0.4, 0.5) is 5.69 Å². The van der Waals surface area contributed by atoms with Gasteiger partial charge in [0.2, 0.25) is 11.4 Å². The van der Waals surface area contributed by atoms with Gasteiger partial charge in [-0.25, -0.2) is 4.99 Å². The van der Waals surface area contributed by atoms with Crippen LogP contribution < -0.4 is 4.90 Å². The Balaban J connectivity index is 1.76. The number of anilines is 1. The molecule has 2 aromatic carbocycles. The van der Waals surface area contributed by atoms with Crippen LogP contribution in [0.2, 0.25) is 0 Å². The average Bonchev–Trinajstić information content (AvgIpc) is 3.19. The van der Waals surface area contributed by atoms with Gasteiger partial charge in [0.25, 0.3) is 0 Å². The van der Waals surface area contributed by atoms with Gasteiger partial charge in [-0.3, -0.25) is 0 Å². The Bertz CT molecular complexity index is 1090. The van der Waals surface area contributed by atoms with Gasteiger partial charge >= 0.3 is 0 Å². The summed E-state index contributed by atoms with van der Waals surface area (Å²) in [6.45, 7) is 4.49. The van der Waals surface area contributed by atoms with Gasteiger partial charge in [-0.1, -0.05) is 62.4 Å². The first kappa shape index (κ1) is 18.3. The first-order valence-electron chi connectivity index (χ1n) is 9.07. The van der Waals surface area contributed by atoms with Gasteiger partial charge in [0.15, 0.2) is 0 Å². The molecule has 0 amide bonds. The number of nitriles is 1. The van der Waals surface area contributed by atoms with Crippen molar-refractivity contribution in [1.82, 2.24) is 0 Å². The van der Waals surface area contributed by atoms with Gasteiger partial charge in [-0.2, -0.15) is 5.26 Å². The minimum atomic E-state index is -0.0840. The van der Waals surface area contributed by atoms with Crippen molar-refractivity contribution in [3.63, 3.8) is 0 Å². The predicted molar refractivity (Wildman–Crippen MR) is 118 cm³/mol. The lowest BCUT2D eigenvalue weighted by molar-refractivity contribution is 0.640. The van der Waals surface area contributed by atoms with Crippen LogP contribution in [-0.4, -0.2) is 17.9 Å². The number of fused-ring (bicyclic) bond motifs is 1. The Labute approximate surface area is 169 Å². The number of hydrogen-bond donors (Lipinski definition) is 0. The summed E-state index contributed by atoms with van der Waals surface area (Å²) < 4.78 is 0. The molecule has 2 aliphatic heterocycles. The molecule has 2 aliphatic rings. The summed E-state index contributed by atoms with van der Waals surface area (Å²) in [7, 11) is 2.11. The minimum absolute atomic E-state index is 0.0840. The van der Waals surface area contributed by atoms with Gasteiger partial charge < -0.3 is 4.90 Å². The van der Waals surface area contributed by atoms with Gasteiger partial charge in [0, 0.05) is 34.3 Å². The summed E-state index contributed by atoms with van der Waals surface area (Å²) in [6.07, 6.45) is 6.10. The molecular formula is C23H20N4S. The molecule has 4 rings (SSSR count). The fraction of sp³-hybridized carbons (Fsp3) is 0.174. The number of hydrogen-bond acceptors (Lipinski definition) is 4. The molecule has 0 spiro atoms. The summed E-state index contributed by atoms with van der Waals surface area (Å²) in [5, 5.41) is 9.40. The van der Waals surface area contributed by atoms with E-state index in [1.165, 1.54) is 28.7 Å². The Morgan fingerprint density at radius 2 is 1.79 bits per heavy atom. The monoisotopic (exact) mass is 384 g/mol. The second-order valence-corrected chi connectivity index (χ2v) is 8.22. The SMILES string of the molecule is CN1/C(=C/C=C2\S/C(=N\C#N)N=C2c2ccccc2)C(C)(C)c2ccccc21. The van der Waals surface area contributed by atoms with E-state index in [1.54, 1.807) is 0 Å². The molecule has 0 radical (unpaired) electrons. The van der Waals surface area contributed by atoms with E-state index in [2.05, 4.69) is 72.2 Å². The fourth-order valence-corrected chi connectivity index (χ4v) is 4.60. The molecule has 0 saturated carbocycles. The van der Waals surface area contributed by atoms with Gasteiger partial charge in [-0.05, 0) is 35.5 Å². The number of rotatable bonds is 2. The molecule has 28 heavy (non-hydrogen) atoms. The van der Waals surface area contributed by atoms with E-state index in [0.717, 1.165) is 16.2 Å². The van der Waals surface area contributed by atoms with Gasteiger partial charge in [0.05, 0.1) is 5.71 Å². The number of nitrogens with zero attached hydrogens (tertiary/aromatic N) is 4. The van der Waals surface area contributed by atoms with Gasteiger partial charge in [0.1, 0.15) is 0 Å². The molecular weight excluding hydrogens is 364 g/mol. The molecule has 2 aromatic rings.